The second-order valence-corrected chi connectivity index (χ2v) is 1.21. The third-order valence-electron chi connectivity index (χ3n) is 0.494. The van der Waals surface area contributed by atoms with Gasteiger partial charge in [0.1, 0.15) is 0 Å². The van der Waals surface area contributed by atoms with E-state index in [1.165, 1.54) is 0 Å². The maximum Gasteiger partial charge on any atom is 0.0677 e. The molecule has 0 saturated heterocycles. The molecule has 34 valence electrons. The molecular weight excluding hydrogens is 78.0 g/mol. The van der Waals surface area contributed by atoms with Crippen molar-refractivity contribution in [1.29, 1.82) is 5.26 Å². The van der Waals surface area contributed by atoms with E-state index in [4.69, 9.17) is 10.4 Å². The van der Waals surface area contributed by atoms with E-state index < -0.39 is 0 Å². The second-order valence-electron chi connectivity index (χ2n) is 1.21. The Balaban J connectivity index is 3.04. The molecule has 6 heavy (non-hydrogen) atoms. The number of aliphatic hydroxyl groups excluding tert-OH is 1. The summed E-state index contributed by atoms with van der Waals surface area (Å²) in [6.45, 7) is 1.64. The van der Waals surface area contributed by atoms with E-state index in [2.05, 4.69) is 0 Å². The number of nitrogens with zero attached hydrogens (tertiary/aromatic N) is 1. The van der Waals surface area contributed by atoms with Crippen LogP contribution in [0, 0.1) is 17.2 Å². The average Bonchev–Trinajstić information content (AvgIpc) is 1.65. The Hall–Kier alpha value is -0.550. The van der Waals surface area contributed by atoms with Crippen LogP contribution < -0.4 is 0 Å². The van der Waals surface area contributed by atoms with Gasteiger partial charge in [-0.1, -0.05) is 0 Å². The van der Waals surface area contributed by atoms with Gasteiger partial charge in [-0.25, -0.2) is 0 Å². The summed E-state index contributed by atoms with van der Waals surface area (Å²) in [5.74, 6) is -0.204. The van der Waals surface area contributed by atoms with Crippen LogP contribution in [0.4, 0.5) is 0 Å². The SMILES string of the molecule is C[C@@H](C#N)CO. The van der Waals surface area contributed by atoms with E-state index in [1.54, 1.807) is 6.92 Å². The lowest BCUT2D eigenvalue weighted by atomic mass is 10.2. The van der Waals surface area contributed by atoms with Crippen LogP contribution in [-0.2, 0) is 0 Å². The molecule has 1 N–H and O–H groups in total. The van der Waals surface area contributed by atoms with Gasteiger partial charge in [0.25, 0.3) is 0 Å². The number of hydrogen-bond acceptors (Lipinski definition) is 2. The third kappa shape index (κ3) is 1.74. The summed E-state index contributed by atoms with van der Waals surface area (Å²) in [7, 11) is 0. The quantitative estimate of drug-likeness (QED) is 0.492. The fourth-order valence-electron chi connectivity index (χ4n) is 0.0408. The molecule has 2 nitrogen and oxygen atoms in total. The van der Waals surface area contributed by atoms with Crippen LogP contribution in [-0.4, -0.2) is 11.7 Å². The highest BCUT2D eigenvalue weighted by molar-refractivity contribution is 4.76. The summed E-state index contributed by atoms with van der Waals surface area (Å²) >= 11 is 0. The Labute approximate surface area is 37.0 Å². The van der Waals surface area contributed by atoms with Gasteiger partial charge in [-0.2, -0.15) is 5.26 Å². The minimum absolute atomic E-state index is 0.0312. The largest absolute Gasteiger partial charge is 0.395 e. The Bertz CT molecular complexity index is 64.4. The Morgan fingerprint density at radius 3 is 2.50 bits per heavy atom. The van der Waals surface area contributed by atoms with Crippen LogP contribution in [0.5, 0.6) is 0 Å². The van der Waals surface area contributed by atoms with E-state index in [1.807, 2.05) is 6.07 Å². The number of nitriles is 1. The van der Waals surface area contributed by atoms with Crippen LogP contribution in [0.15, 0.2) is 0 Å². The van der Waals surface area contributed by atoms with Crippen molar-refractivity contribution in [3.05, 3.63) is 0 Å². The predicted molar refractivity (Wildman–Crippen MR) is 21.9 cm³/mol. The molecule has 0 amide bonds. The summed E-state index contributed by atoms with van der Waals surface area (Å²) < 4.78 is 0. The Morgan fingerprint density at radius 2 is 2.50 bits per heavy atom. The molecule has 0 aliphatic heterocycles. The minimum atomic E-state index is -0.204. The van der Waals surface area contributed by atoms with Crippen molar-refractivity contribution >= 4 is 0 Å². The van der Waals surface area contributed by atoms with Crippen molar-refractivity contribution in [1.82, 2.24) is 0 Å². The second kappa shape index (κ2) is 2.67. The molecule has 0 aliphatic rings. The summed E-state index contributed by atoms with van der Waals surface area (Å²) in [6.07, 6.45) is 0. The standard InChI is InChI=1S/C4H7NO/c1-4(2-5)3-6/h4,6H,3H2,1H3/t4-/m0/s1. The van der Waals surface area contributed by atoms with Gasteiger partial charge in [0.2, 0.25) is 0 Å². The van der Waals surface area contributed by atoms with Gasteiger partial charge in [-0.3, -0.25) is 0 Å². The normalized spacial score (nSPS) is 12.8. The Morgan fingerprint density at radius 1 is 2.00 bits per heavy atom. The zero-order valence-electron chi connectivity index (χ0n) is 3.68. The molecule has 0 aliphatic carbocycles. The van der Waals surface area contributed by atoms with Crippen LogP contribution in [0.25, 0.3) is 0 Å². The van der Waals surface area contributed by atoms with E-state index >= 15 is 0 Å². The highest BCUT2D eigenvalue weighted by Gasteiger charge is 1.90. The van der Waals surface area contributed by atoms with Crippen LogP contribution in [0.2, 0.25) is 0 Å². The smallest absolute Gasteiger partial charge is 0.0677 e. The highest BCUT2D eigenvalue weighted by Crippen LogP contribution is 1.84. The first-order valence-corrected chi connectivity index (χ1v) is 1.81. The lowest BCUT2D eigenvalue weighted by Gasteiger charge is -1.86. The molecule has 0 rings (SSSR count). The first-order valence-electron chi connectivity index (χ1n) is 1.81. The van der Waals surface area contributed by atoms with E-state index in [0.29, 0.717) is 0 Å². The van der Waals surface area contributed by atoms with Gasteiger partial charge < -0.3 is 5.11 Å². The predicted octanol–water partition coefficient (Wildman–Crippen LogP) is 0.138. The monoisotopic (exact) mass is 85.1 g/mol. The fraction of sp³-hybridized carbons (Fsp3) is 0.750. The van der Waals surface area contributed by atoms with Crippen molar-refractivity contribution in [2.75, 3.05) is 6.61 Å². The van der Waals surface area contributed by atoms with Crippen LogP contribution in [0.1, 0.15) is 6.92 Å². The highest BCUT2D eigenvalue weighted by atomic mass is 16.3. The number of aliphatic hydroxyl groups is 1. The molecule has 0 aromatic carbocycles. The van der Waals surface area contributed by atoms with Crippen molar-refractivity contribution in [2.24, 2.45) is 5.92 Å². The summed E-state index contributed by atoms with van der Waals surface area (Å²) in [6, 6.07) is 1.86. The van der Waals surface area contributed by atoms with Gasteiger partial charge in [-0.15, -0.1) is 0 Å². The molecule has 0 aromatic heterocycles. The fourth-order valence-corrected chi connectivity index (χ4v) is 0.0408. The van der Waals surface area contributed by atoms with Crippen molar-refractivity contribution in [2.45, 2.75) is 6.92 Å². The minimum Gasteiger partial charge on any atom is -0.395 e. The molecule has 0 unspecified atom stereocenters. The summed E-state index contributed by atoms with van der Waals surface area (Å²) in [5.41, 5.74) is 0. The first kappa shape index (κ1) is 5.45. The van der Waals surface area contributed by atoms with Crippen LogP contribution >= 0.6 is 0 Å². The van der Waals surface area contributed by atoms with Gasteiger partial charge >= 0.3 is 0 Å². The third-order valence-corrected chi connectivity index (χ3v) is 0.494. The first-order chi connectivity index (χ1) is 2.81. The number of rotatable bonds is 1. The van der Waals surface area contributed by atoms with Crippen LogP contribution in [0.3, 0.4) is 0 Å². The van der Waals surface area contributed by atoms with Crippen molar-refractivity contribution in [3.8, 4) is 6.07 Å². The molecule has 0 saturated carbocycles. The van der Waals surface area contributed by atoms with Gasteiger partial charge in [0, 0.05) is 0 Å². The molecule has 1 atom stereocenters. The Kier molecular flexibility index (Phi) is 2.43. The van der Waals surface area contributed by atoms with Gasteiger partial charge in [-0.05, 0) is 6.92 Å². The summed E-state index contributed by atoms with van der Waals surface area (Å²) in [5, 5.41) is 16.0. The molecule has 0 heterocycles. The molecule has 0 aromatic rings. The molecule has 0 bridgehead atoms. The topological polar surface area (TPSA) is 44.0 Å². The molecular formula is C4H7NO. The van der Waals surface area contributed by atoms with Crippen molar-refractivity contribution < 1.29 is 5.11 Å². The van der Waals surface area contributed by atoms with E-state index in [-0.39, 0.29) is 12.5 Å². The van der Waals surface area contributed by atoms with E-state index in [0.717, 1.165) is 0 Å². The average molecular weight is 85.1 g/mol. The molecule has 0 spiro atoms. The lowest BCUT2D eigenvalue weighted by Crippen LogP contribution is -1.93. The zero-order chi connectivity index (χ0) is 4.99. The maximum absolute atomic E-state index is 8.11. The molecule has 0 fully saturated rings. The maximum atomic E-state index is 8.11. The summed E-state index contributed by atoms with van der Waals surface area (Å²) in [4.78, 5) is 0. The van der Waals surface area contributed by atoms with Gasteiger partial charge in [0.15, 0.2) is 0 Å². The van der Waals surface area contributed by atoms with E-state index in [9.17, 15) is 0 Å². The molecule has 2 heteroatoms. The number of hydrogen-bond donors (Lipinski definition) is 1. The molecule has 0 radical (unpaired) electrons. The van der Waals surface area contributed by atoms with Crippen molar-refractivity contribution in [3.63, 3.8) is 0 Å². The lowest BCUT2D eigenvalue weighted by molar-refractivity contribution is 0.265. The zero-order valence-corrected chi connectivity index (χ0v) is 3.68. The van der Waals surface area contributed by atoms with Gasteiger partial charge in [0.05, 0.1) is 18.6 Å².